The number of rotatable bonds is 5. The van der Waals surface area contributed by atoms with Crippen molar-refractivity contribution in [1.29, 1.82) is 0 Å². The summed E-state index contributed by atoms with van der Waals surface area (Å²) in [6.45, 7) is 2.85. The van der Waals surface area contributed by atoms with Gasteiger partial charge >= 0.3 is 0 Å². The number of hydrogen-bond acceptors (Lipinski definition) is 1. The van der Waals surface area contributed by atoms with E-state index in [1.165, 1.54) is 6.07 Å². The van der Waals surface area contributed by atoms with E-state index in [0.717, 1.165) is 24.1 Å². The third-order valence-corrected chi connectivity index (χ3v) is 4.02. The molecule has 0 bridgehead atoms. The minimum atomic E-state index is -0.442. The molecule has 112 valence electrons. The lowest BCUT2D eigenvalue weighted by molar-refractivity contribution is 0.586. The van der Waals surface area contributed by atoms with Gasteiger partial charge in [-0.1, -0.05) is 53.9 Å². The maximum atomic E-state index is 13.7. The summed E-state index contributed by atoms with van der Waals surface area (Å²) in [5.41, 5.74) is 1.63. The van der Waals surface area contributed by atoms with Gasteiger partial charge in [-0.25, -0.2) is 4.39 Å². The highest BCUT2D eigenvalue weighted by atomic mass is 35.5. The summed E-state index contributed by atoms with van der Waals surface area (Å²) >= 11 is 18.0. The van der Waals surface area contributed by atoms with Crippen molar-refractivity contribution in [3.05, 3.63) is 68.4 Å². The van der Waals surface area contributed by atoms with Crippen molar-refractivity contribution in [3.8, 4) is 0 Å². The van der Waals surface area contributed by atoms with Crippen LogP contribution in [0.15, 0.2) is 36.4 Å². The molecule has 2 rings (SSSR count). The molecule has 1 atom stereocenters. The van der Waals surface area contributed by atoms with Crippen LogP contribution in [0.25, 0.3) is 0 Å². The van der Waals surface area contributed by atoms with E-state index in [9.17, 15) is 4.39 Å². The molecule has 0 aromatic heterocycles. The molecule has 0 amide bonds. The average molecular weight is 347 g/mol. The van der Waals surface area contributed by atoms with Crippen molar-refractivity contribution in [2.45, 2.75) is 19.4 Å². The van der Waals surface area contributed by atoms with Crippen molar-refractivity contribution in [2.24, 2.45) is 0 Å². The van der Waals surface area contributed by atoms with E-state index >= 15 is 0 Å². The first-order valence-corrected chi connectivity index (χ1v) is 7.79. The van der Waals surface area contributed by atoms with E-state index in [4.69, 9.17) is 34.8 Å². The van der Waals surface area contributed by atoms with Crippen LogP contribution in [-0.4, -0.2) is 6.54 Å². The molecule has 1 unspecified atom stereocenters. The van der Waals surface area contributed by atoms with E-state index in [2.05, 4.69) is 12.2 Å². The standard InChI is InChI=1S/C16H15Cl3FN/c1-2-7-21-16(10-3-6-13(18)15(20)8-10)12-5-4-11(17)9-14(12)19/h3-6,8-9,16,21H,2,7H2,1H3. The molecule has 21 heavy (non-hydrogen) atoms. The van der Waals surface area contributed by atoms with Crippen LogP contribution in [0.1, 0.15) is 30.5 Å². The fourth-order valence-corrected chi connectivity index (χ4v) is 2.76. The first-order chi connectivity index (χ1) is 10.0. The normalized spacial score (nSPS) is 12.4. The van der Waals surface area contributed by atoms with Crippen molar-refractivity contribution in [1.82, 2.24) is 5.32 Å². The van der Waals surface area contributed by atoms with Gasteiger partial charge in [0, 0.05) is 10.0 Å². The van der Waals surface area contributed by atoms with E-state index in [1.807, 2.05) is 6.07 Å². The van der Waals surface area contributed by atoms with Crippen molar-refractivity contribution in [2.75, 3.05) is 6.54 Å². The van der Waals surface area contributed by atoms with Crippen molar-refractivity contribution in [3.63, 3.8) is 0 Å². The van der Waals surface area contributed by atoms with Crippen LogP contribution in [0.4, 0.5) is 4.39 Å². The Labute approximate surface area is 139 Å². The molecule has 5 heteroatoms. The van der Waals surface area contributed by atoms with Crippen LogP contribution in [0, 0.1) is 5.82 Å². The Morgan fingerprint density at radius 2 is 1.81 bits per heavy atom. The van der Waals surface area contributed by atoms with Gasteiger partial charge in [-0.2, -0.15) is 0 Å². The van der Waals surface area contributed by atoms with E-state index in [1.54, 1.807) is 24.3 Å². The van der Waals surface area contributed by atoms with Crippen LogP contribution in [0.3, 0.4) is 0 Å². The summed E-state index contributed by atoms with van der Waals surface area (Å²) < 4.78 is 13.7. The average Bonchev–Trinajstić information content (AvgIpc) is 2.44. The van der Waals surface area contributed by atoms with Gasteiger partial charge in [0.25, 0.3) is 0 Å². The fraction of sp³-hybridized carbons (Fsp3) is 0.250. The third-order valence-electron chi connectivity index (χ3n) is 3.15. The number of nitrogens with one attached hydrogen (secondary N) is 1. The van der Waals surface area contributed by atoms with Crippen molar-refractivity contribution < 1.29 is 4.39 Å². The van der Waals surface area contributed by atoms with Gasteiger partial charge in [-0.3, -0.25) is 0 Å². The first-order valence-electron chi connectivity index (χ1n) is 6.66. The zero-order chi connectivity index (χ0) is 15.4. The highest BCUT2D eigenvalue weighted by Crippen LogP contribution is 2.31. The molecule has 0 aliphatic carbocycles. The zero-order valence-corrected chi connectivity index (χ0v) is 13.7. The smallest absolute Gasteiger partial charge is 0.142 e. The van der Waals surface area contributed by atoms with Gasteiger partial charge in [-0.15, -0.1) is 0 Å². The Balaban J connectivity index is 2.44. The Hall–Kier alpha value is -0.800. The van der Waals surface area contributed by atoms with Crippen LogP contribution in [-0.2, 0) is 0 Å². The second-order valence-corrected chi connectivity index (χ2v) is 5.98. The molecule has 0 aliphatic rings. The molecule has 1 nitrogen and oxygen atoms in total. The Kier molecular flexibility index (Phi) is 5.88. The molecular weight excluding hydrogens is 332 g/mol. The van der Waals surface area contributed by atoms with Gasteiger partial charge in [0.2, 0.25) is 0 Å². The summed E-state index contributed by atoms with van der Waals surface area (Å²) in [6.07, 6.45) is 0.956. The predicted molar refractivity (Wildman–Crippen MR) is 88.0 cm³/mol. The Bertz CT molecular complexity index is 631. The summed E-state index contributed by atoms with van der Waals surface area (Å²) in [5.74, 6) is -0.442. The van der Waals surface area contributed by atoms with Crippen LogP contribution < -0.4 is 5.32 Å². The van der Waals surface area contributed by atoms with Crippen molar-refractivity contribution >= 4 is 34.8 Å². The summed E-state index contributed by atoms with van der Waals surface area (Å²) in [7, 11) is 0. The molecule has 0 radical (unpaired) electrons. The van der Waals surface area contributed by atoms with Gasteiger partial charge in [-0.05, 0) is 48.4 Å². The lowest BCUT2D eigenvalue weighted by Gasteiger charge is -2.21. The second kappa shape index (κ2) is 7.46. The lowest BCUT2D eigenvalue weighted by Crippen LogP contribution is -2.23. The van der Waals surface area contributed by atoms with E-state index in [0.29, 0.717) is 10.0 Å². The molecule has 0 heterocycles. The fourth-order valence-electron chi connectivity index (χ4n) is 2.12. The largest absolute Gasteiger partial charge is 0.306 e. The van der Waals surface area contributed by atoms with Crippen LogP contribution in [0.5, 0.6) is 0 Å². The second-order valence-electron chi connectivity index (χ2n) is 4.73. The van der Waals surface area contributed by atoms with Crippen LogP contribution in [0.2, 0.25) is 15.1 Å². The zero-order valence-electron chi connectivity index (χ0n) is 11.5. The molecule has 0 aliphatic heterocycles. The lowest BCUT2D eigenvalue weighted by atomic mass is 9.98. The van der Waals surface area contributed by atoms with E-state index in [-0.39, 0.29) is 11.1 Å². The minimum Gasteiger partial charge on any atom is -0.306 e. The Morgan fingerprint density at radius 3 is 2.43 bits per heavy atom. The topological polar surface area (TPSA) is 12.0 Å². The SMILES string of the molecule is CCCNC(c1ccc(Cl)c(F)c1)c1ccc(Cl)cc1Cl. The predicted octanol–water partition coefficient (Wildman–Crippen LogP) is 5.87. The number of halogens is 4. The maximum absolute atomic E-state index is 13.7. The monoisotopic (exact) mass is 345 g/mol. The molecule has 2 aromatic carbocycles. The quantitative estimate of drug-likeness (QED) is 0.713. The number of hydrogen-bond donors (Lipinski definition) is 1. The first kappa shape index (κ1) is 16.6. The molecule has 0 saturated heterocycles. The highest BCUT2D eigenvalue weighted by Gasteiger charge is 2.18. The van der Waals surface area contributed by atoms with Gasteiger partial charge < -0.3 is 5.32 Å². The van der Waals surface area contributed by atoms with Gasteiger partial charge in [0.15, 0.2) is 0 Å². The molecule has 0 spiro atoms. The van der Waals surface area contributed by atoms with Gasteiger partial charge in [0.1, 0.15) is 5.82 Å². The molecule has 1 N–H and O–H groups in total. The molecule has 0 saturated carbocycles. The summed E-state index contributed by atoms with van der Waals surface area (Å²) in [6, 6.07) is 9.88. The summed E-state index contributed by atoms with van der Waals surface area (Å²) in [4.78, 5) is 0. The third kappa shape index (κ3) is 4.10. The number of benzene rings is 2. The molecule has 0 fully saturated rings. The summed E-state index contributed by atoms with van der Waals surface area (Å²) in [5, 5.41) is 4.60. The molecule has 2 aromatic rings. The minimum absolute atomic E-state index is 0.107. The van der Waals surface area contributed by atoms with Crippen LogP contribution >= 0.6 is 34.8 Å². The highest BCUT2D eigenvalue weighted by molar-refractivity contribution is 6.35. The Morgan fingerprint density at radius 1 is 1.05 bits per heavy atom. The van der Waals surface area contributed by atoms with Gasteiger partial charge in [0.05, 0.1) is 11.1 Å². The maximum Gasteiger partial charge on any atom is 0.142 e. The van der Waals surface area contributed by atoms with E-state index < -0.39 is 5.82 Å². The molecular formula is C16H15Cl3FN.